The van der Waals surface area contributed by atoms with E-state index in [1.54, 1.807) is 23.4 Å². The summed E-state index contributed by atoms with van der Waals surface area (Å²) in [5.41, 5.74) is 4.86. The lowest BCUT2D eigenvalue weighted by atomic mass is 10.2. The highest BCUT2D eigenvalue weighted by Gasteiger charge is 2.26. The van der Waals surface area contributed by atoms with E-state index in [1.807, 2.05) is 18.2 Å². The zero-order valence-electron chi connectivity index (χ0n) is 15.6. The number of aromatic nitrogens is 3. The van der Waals surface area contributed by atoms with E-state index in [4.69, 9.17) is 0 Å². The van der Waals surface area contributed by atoms with Gasteiger partial charge in [0.05, 0.1) is 29.9 Å². The van der Waals surface area contributed by atoms with Crippen molar-refractivity contribution in [3.63, 3.8) is 0 Å². The molecule has 0 unspecified atom stereocenters. The highest BCUT2D eigenvalue weighted by Crippen LogP contribution is 2.24. The van der Waals surface area contributed by atoms with Gasteiger partial charge in [0.15, 0.2) is 11.3 Å². The van der Waals surface area contributed by atoms with Crippen molar-refractivity contribution in [3.8, 4) is 10.7 Å². The van der Waals surface area contributed by atoms with Crippen molar-refractivity contribution >= 4 is 23.8 Å². The highest BCUT2D eigenvalue weighted by atomic mass is 32.1. The molecule has 0 bridgehead atoms. The summed E-state index contributed by atoms with van der Waals surface area (Å²) in [6.45, 7) is 3.79. The van der Waals surface area contributed by atoms with Gasteiger partial charge in [0.2, 0.25) is 0 Å². The molecule has 0 atom stereocenters. The summed E-state index contributed by atoms with van der Waals surface area (Å²) < 4.78 is 36.7. The Morgan fingerprint density at radius 3 is 2.83 bits per heavy atom. The molecule has 1 N–H and O–H groups in total. The molecule has 0 radical (unpaired) electrons. The van der Waals surface area contributed by atoms with Gasteiger partial charge in [-0.05, 0) is 24.3 Å². The Hall–Kier alpha value is -3.34. The minimum absolute atomic E-state index is 0.123. The molecule has 0 saturated carbocycles. The predicted molar refractivity (Wildman–Crippen MR) is 107 cm³/mol. The van der Waals surface area contributed by atoms with Gasteiger partial charge in [0.25, 0.3) is 0 Å². The molecule has 0 fully saturated rings. The monoisotopic (exact) mass is 434 g/mol. The van der Waals surface area contributed by atoms with E-state index in [0.717, 1.165) is 6.21 Å². The van der Waals surface area contributed by atoms with Gasteiger partial charge in [-0.15, -0.1) is 10.2 Å². The first kappa shape index (κ1) is 21.4. The number of alkyl halides is 3. The summed E-state index contributed by atoms with van der Waals surface area (Å²) >= 11 is 1.37. The second-order valence-corrected chi connectivity index (χ2v) is 7.19. The van der Waals surface area contributed by atoms with Crippen molar-refractivity contribution in [1.29, 1.82) is 0 Å². The van der Waals surface area contributed by atoms with Gasteiger partial charge in [0, 0.05) is 19.0 Å². The maximum atomic E-state index is 12.2. The summed E-state index contributed by atoms with van der Waals surface area (Å²) in [6.07, 6.45) is 1.27. The zero-order valence-corrected chi connectivity index (χ0v) is 16.5. The van der Waals surface area contributed by atoms with Crippen molar-refractivity contribution < 1.29 is 18.0 Å². The minimum Gasteiger partial charge on any atom is -0.298 e. The second kappa shape index (κ2) is 9.44. The van der Waals surface area contributed by atoms with Crippen LogP contribution in [0.2, 0.25) is 0 Å². The molecular weight excluding hydrogens is 417 g/mol. The molecule has 30 heavy (non-hydrogen) atoms. The summed E-state index contributed by atoms with van der Waals surface area (Å²) in [6, 6.07) is 5.50. The Labute approximate surface area is 174 Å². The fraction of sp³-hybridized carbons (Fsp3) is 0.211. The number of allylic oxidation sites excluding steroid dienone is 3. The summed E-state index contributed by atoms with van der Waals surface area (Å²) in [5, 5.41) is 11.3. The van der Waals surface area contributed by atoms with E-state index in [9.17, 15) is 18.0 Å². The minimum atomic E-state index is -4.29. The number of hydrogen-bond donors (Lipinski definition) is 1. The Morgan fingerprint density at radius 1 is 1.30 bits per heavy atom. The van der Waals surface area contributed by atoms with Crippen LogP contribution in [-0.4, -0.2) is 45.4 Å². The number of halogens is 3. The average molecular weight is 434 g/mol. The van der Waals surface area contributed by atoms with Crippen molar-refractivity contribution in [1.82, 2.24) is 25.6 Å². The normalized spacial score (nSPS) is 16.1. The van der Waals surface area contributed by atoms with Crippen LogP contribution in [0.3, 0.4) is 0 Å². The fourth-order valence-corrected chi connectivity index (χ4v) is 3.19. The van der Waals surface area contributed by atoms with Gasteiger partial charge in [-0.2, -0.15) is 13.2 Å². The first-order chi connectivity index (χ1) is 14.4. The van der Waals surface area contributed by atoms with Crippen LogP contribution in [0.4, 0.5) is 13.2 Å². The fourth-order valence-electron chi connectivity index (χ4n) is 2.39. The van der Waals surface area contributed by atoms with Crippen LogP contribution in [0.1, 0.15) is 11.4 Å². The van der Waals surface area contributed by atoms with E-state index in [2.05, 4.69) is 32.2 Å². The van der Waals surface area contributed by atoms with Crippen LogP contribution >= 0.6 is 11.3 Å². The molecule has 0 amide bonds. The van der Waals surface area contributed by atoms with Crippen molar-refractivity contribution in [3.05, 3.63) is 65.1 Å². The van der Waals surface area contributed by atoms with Gasteiger partial charge in [-0.25, -0.2) is 0 Å². The van der Waals surface area contributed by atoms with Gasteiger partial charge in [0.1, 0.15) is 10.7 Å². The number of hydrogen-bond acceptors (Lipinski definition) is 8. The molecule has 0 saturated heterocycles. The molecule has 156 valence electrons. The Balaban J connectivity index is 1.70. The number of nitrogens with zero attached hydrogens (tertiary/aromatic N) is 5. The van der Waals surface area contributed by atoms with Gasteiger partial charge in [-0.1, -0.05) is 24.0 Å². The number of carbonyl (C=O) groups is 1. The first-order valence-corrected chi connectivity index (χ1v) is 9.58. The molecule has 1 aliphatic rings. The lowest BCUT2D eigenvalue weighted by Gasteiger charge is -2.30. The van der Waals surface area contributed by atoms with E-state index >= 15 is 0 Å². The number of pyridine rings is 1. The van der Waals surface area contributed by atoms with Crippen LogP contribution < -0.4 is 5.43 Å². The van der Waals surface area contributed by atoms with Crippen LogP contribution in [0.5, 0.6) is 0 Å². The first-order valence-electron chi connectivity index (χ1n) is 8.77. The molecule has 1 aliphatic heterocycles. The molecule has 0 spiro atoms. The molecule has 2 aromatic heterocycles. The topological polar surface area (TPSA) is 83.4 Å². The second-order valence-electron chi connectivity index (χ2n) is 6.13. The van der Waals surface area contributed by atoms with Crippen LogP contribution in [0.25, 0.3) is 10.7 Å². The van der Waals surface area contributed by atoms with Crippen molar-refractivity contribution in [2.24, 2.45) is 4.99 Å². The SMILES string of the molecule is C=C1C=CC(=C(C=O)C=NCCC(F)(F)F)NN1Cc1nnc(-c2ccccn2)s1. The summed E-state index contributed by atoms with van der Waals surface area (Å²) in [7, 11) is 0. The van der Waals surface area contributed by atoms with Gasteiger partial charge < -0.3 is 0 Å². The zero-order chi connectivity index (χ0) is 21.6. The van der Waals surface area contributed by atoms with E-state index in [0.29, 0.717) is 39.9 Å². The Bertz CT molecular complexity index is 997. The highest BCUT2D eigenvalue weighted by molar-refractivity contribution is 7.14. The number of nitrogens with one attached hydrogen (secondary N) is 1. The number of carbonyl (C=O) groups excluding carboxylic acids is 1. The molecule has 2 aromatic rings. The van der Waals surface area contributed by atoms with Gasteiger partial charge in [-0.3, -0.25) is 25.2 Å². The maximum absolute atomic E-state index is 12.2. The third kappa shape index (κ3) is 5.83. The third-order valence-corrected chi connectivity index (χ3v) is 4.81. The predicted octanol–water partition coefficient (Wildman–Crippen LogP) is 3.47. The summed E-state index contributed by atoms with van der Waals surface area (Å²) in [4.78, 5) is 19.3. The molecular formula is C19H17F3N6OS. The Kier molecular flexibility index (Phi) is 6.72. The Morgan fingerprint density at radius 2 is 2.13 bits per heavy atom. The molecule has 7 nitrogen and oxygen atoms in total. The van der Waals surface area contributed by atoms with Crippen LogP contribution in [-0.2, 0) is 11.3 Å². The molecule has 11 heteroatoms. The lowest BCUT2D eigenvalue weighted by Crippen LogP contribution is -2.38. The standard InChI is InChI=1S/C19H17F3N6OS/c1-13-5-6-15(14(12-29)10-23-9-7-19(20,21)22)27-28(13)11-17-25-26-18(30-17)16-4-2-3-8-24-16/h2-6,8,10,12,27H,1,7,9,11H2. The van der Waals surface area contributed by atoms with E-state index in [1.165, 1.54) is 11.3 Å². The largest absolute Gasteiger partial charge is 0.390 e. The van der Waals surface area contributed by atoms with E-state index < -0.39 is 19.1 Å². The lowest BCUT2D eigenvalue weighted by molar-refractivity contribution is -0.132. The molecule has 0 aromatic carbocycles. The quantitative estimate of drug-likeness (QED) is 0.408. The number of aliphatic imine (C=N–C) groups is 1. The number of aldehydes is 1. The van der Waals surface area contributed by atoms with Crippen molar-refractivity contribution in [2.45, 2.75) is 19.1 Å². The maximum Gasteiger partial charge on any atom is 0.390 e. The summed E-state index contributed by atoms with van der Waals surface area (Å²) in [5.74, 6) is 0. The average Bonchev–Trinajstić information content (AvgIpc) is 3.18. The van der Waals surface area contributed by atoms with Crippen LogP contribution in [0, 0.1) is 0 Å². The van der Waals surface area contributed by atoms with Crippen molar-refractivity contribution in [2.75, 3.05) is 6.54 Å². The number of hydrazine groups is 1. The number of rotatable bonds is 7. The van der Waals surface area contributed by atoms with Crippen LogP contribution in [0.15, 0.2) is 65.1 Å². The molecule has 3 heterocycles. The van der Waals surface area contributed by atoms with E-state index in [-0.39, 0.29) is 5.57 Å². The van der Waals surface area contributed by atoms with Gasteiger partial charge >= 0.3 is 6.18 Å². The smallest absolute Gasteiger partial charge is 0.298 e. The third-order valence-electron chi connectivity index (χ3n) is 3.88. The molecule has 0 aliphatic carbocycles. The molecule has 3 rings (SSSR count).